The molecule has 224 valence electrons. The SMILES string of the molecule is CCCCCS(=O)(=O)N1CCN(C(=O)[C@H](CCC(=O)OC(C)(C)C)NC(=O)c2cccc(-c3ccccc3)n2)CC1. The molecule has 1 N–H and O–H groups in total. The van der Waals surface area contributed by atoms with E-state index in [2.05, 4.69) is 10.3 Å². The lowest BCUT2D eigenvalue weighted by atomic mass is 10.1. The molecule has 0 spiro atoms. The topological polar surface area (TPSA) is 126 Å². The van der Waals surface area contributed by atoms with Gasteiger partial charge in [0.1, 0.15) is 17.3 Å². The summed E-state index contributed by atoms with van der Waals surface area (Å²) in [6.07, 6.45) is 2.35. The van der Waals surface area contributed by atoms with Gasteiger partial charge in [0.2, 0.25) is 15.9 Å². The van der Waals surface area contributed by atoms with E-state index in [9.17, 15) is 22.8 Å². The molecule has 1 saturated heterocycles. The van der Waals surface area contributed by atoms with Crippen molar-refractivity contribution in [2.45, 2.75) is 71.4 Å². The highest BCUT2D eigenvalue weighted by Gasteiger charge is 2.33. The van der Waals surface area contributed by atoms with E-state index in [1.807, 2.05) is 37.3 Å². The summed E-state index contributed by atoms with van der Waals surface area (Å²) in [6, 6.07) is 13.5. The molecule has 1 aliphatic rings. The number of unbranched alkanes of at least 4 members (excludes halogenated alkanes) is 2. The van der Waals surface area contributed by atoms with Crippen LogP contribution in [0, 0.1) is 0 Å². The van der Waals surface area contributed by atoms with E-state index >= 15 is 0 Å². The number of rotatable bonds is 12. The van der Waals surface area contributed by atoms with Crippen molar-refractivity contribution in [2.75, 3.05) is 31.9 Å². The average molecular weight is 587 g/mol. The molecule has 2 aromatic rings. The minimum Gasteiger partial charge on any atom is -0.460 e. The Hall–Kier alpha value is -3.31. The number of aromatic nitrogens is 1. The zero-order valence-electron chi connectivity index (χ0n) is 24.5. The molecule has 10 nitrogen and oxygen atoms in total. The van der Waals surface area contributed by atoms with E-state index in [1.165, 1.54) is 4.31 Å². The van der Waals surface area contributed by atoms with Gasteiger partial charge in [0.25, 0.3) is 5.91 Å². The van der Waals surface area contributed by atoms with Crippen molar-refractivity contribution in [2.24, 2.45) is 0 Å². The number of esters is 1. The first-order valence-electron chi connectivity index (χ1n) is 14.2. The molecule has 0 aliphatic carbocycles. The van der Waals surface area contributed by atoms with E-state index in [-0.39, 0.29) is 56.4 Å². The van der Waals surface area contributed by atoms with Gasteiger partial charge in [-0.1, -0.05) is 56.2 Å². The zero-order valence-corrected chi connectivity index (χ0v) is 25.3. The molecule has 41 heavy (non-hydrogen) atoms. The van der Waals surface area contributed by atoms with Gasteiger partial charge in [-0.15, -0.1) is 0 Å². The first-order valence-corrected chi connectivity index (χ1v) is 15.8. The van der Waals surface area contributed by atoms with Crippen LogP contribution in [0.2, 0.25) is 0 Å². The van der Waals surface area contributed by atoms with Gasteiger partial charge < -0.3 is 15.0 Å². The quantitative estimate of drug-likeness (QED) is 0.297. The minimum absolute atomic E-state index is 0.0351. The van der Waals surface area contributed by atoms with E-state index < -0.39 is 33.5 Å². The summed E-state index contributed by atoms with van der Waals surface area (Å²) in [5.74, 6) is -1.29. The molecule has 1 aliphatic heterocycles. The molecular weight excluding hydrogens is 544 g/mol. The number of amides is 2. The standard InChI is InChI=1S/C30H42N4O6S/c1-5-6-10-22-41(38,39)34-20-18-33(19-21-34)29(37)26(16-17-27(35)40-30(2,3)4)32-28(36)25-15-11-14-24(31-25)23-12-8-7-9-13-23/h7-9,11-15,26H,5-6,10,16-22H2,1-4H3,(H,32,36)/t26-/m0/s1. The summed E-state index contributed by atoms with van der Waals surface area (Å²) < 4.78 is 32.2. The normalized spacial score (nSPS) is 15.3. The van der Waals surface area contributed by atoms with Gasteiger partial charge in [-0.2, -0.15) is 4.31 Å². The number of pyridine rings is 1. The van der Waals surface area contributed by atoms with Crippen LogP contribution in [0.5, 0.6) is 0 Å². The molecule has 1 atom stereocenters. The first-order chi connectivity index (χ1) is 19.4. The number of hydrogen-bond donors (Lipinski definition) is 1. The number of carbonyl (C=O) groups excluding carboxylic acids is 3. The molecule has 0 saturated carbocycles. The second kappa shape index (κ2) is 14.5. The highest BCUT2D eigenvalue weighted by Crippen LogP contribution is 2.18. The fourth-order valence-electron chi connectivity index (χ4n) is 4.55. The number of nitrogens with one attached hydrogen (secondary N) is 1. The molecule has 2 amide bonds. The number of carbonyl (C=O) groups is 3. The van der Waals surface area contributed by atoms with Gasteiger partial charge in [0, 0.05) is 38.2 Å². The van der Waals surface area contributed by atoms with Crippen molar-refractivity contribution >= 4 is 27.8 Å². The Balaban J connectivity index is 1.71. The Kier molecular flexibility index (Phi) is 11.4. The van der Waals surface area contributed by atoms with Gasteiger partial charge in [-0.05, 0) is 45.7 Å². The van der Waals surface area contributed by atoms with Crippen molar-refractivity contribution in [3.8, 4) is 11.3 Å². The number of nitrogens with zero attached hydrogens (tertiary/aromatic N) is 3. The average Bonchev–Trinajstić information content (AvgIpc) is 2.94. The molecule has 2 heterocycles. The van der Waals surface area contributed by atoms with E-state index in [4.69, 9.17) is 4.74 Å². The Morgan fingerprint density at radius 1 is 0.976 bits per heavy atom. The maximum absolute atomic E-state index is 13.6. The van der Waals surface area contributed by atoms with Crippen molar-refractivity contribution < 1.29 is 27.5 Å². The van der Waals surface area contributed by atoms with Crippen LogP contribution in [0.15, 0.2) is 48.5 Å². The lowest BCUT2D eigenvalue weighted by molar-refractivity contribution is -0.155. The Bertz CT molecular complexity index is 1290. The minimum atomic E-state index is -3.39. The fraction of sp³-hybridized carbons (Fsp3) is 0.533. The van der Waals surface area contributed by atoms with E-state index in [1.54, 1.807) is 43.9 Å². The van der Waals surface area contributed by atoms with Crippen LogP contribution in [-0.2, 0) is 24.3 Å². The highest BCUT2D eigenvalue weighted by molar-refractivity contribution is 7.89. The Morgan fingerprint density at radius 2 is 1.66 bits per heavy atom. The predicted molar refractivity (Wildman–Crippen MR) is 157 cm³/mol. The number of hydrogen-bond acceptors (Lipinski definition) is 7. The van der Waals surface area contributed by atoms with Crippen molar-refractivity contribution in [3.05, 3.63) is 54.2 Å². The molecule has 11 heteroatoms. The monoisotopic (exact) mass is 586 g/mol. The highest BCUT2D eigenvalue weighted by atomic mass is 32.2. The third-order valence-corrected chi connectivity index (χ3v) is 8.62. The number of sulfonamides is 1. The summed E-state index contributed by atoms with van der Waals surface area (Å²) in [4.78, 5) is 45.3. The van der Waals surface area contributed by atoms with Gasteiger partial charge in [0.15, 0.2) is 0 Å². The maximum Gasteiger partial charge on any atom is 0.306 e. The van der Waals surface area contributed by atoms with Crippen molar-refractivity contribution in [3.63, 3.8) is 0 Å². The summed E-state index contributed by atoms with van der Waals surface area (Å²) >= 11 is 0. The van der Waals surface area contributed by atoms with Crippen LogP contribution in [0.4, 0.5) is 0 Å². The predicted octanol–water partition coefficient (Wildman–Crippen LogP) is 3.63. The molecule has 1 aromatic heterocycles. The second-order valence-corrected chi connectivity index (χ2v) is 13.3. The van der Waals surface area contributed by atoms with Gasteiger partial charge in [-0.25, -0.2) is 13.4 Å². The summed E-state index contributed by atoms with van der Waals surface area (Å²) in [5, 5.41) is 2.77. The third kappa shape index (κ3) is 9.93. The molecule has 0 unspecified atom stereocenters. The van der Waals surface area contributed by atoms with Crippen molar-refractivity contribution in [1.29, 1.82) is 0 Å². The van der Waals surface area contributed by atoms with Crippen LogP contribution < -0.4 is 5.32 Å². The molecule has 1 aromatic carbocycles. The summed E-state index contributed by atoms with van der Waals surface area (Å²) in [5.41, 5.74) is 0.929. The summed E-state index contributed by atoms with van der Waals surface area (Å²) in [6.45, 7) is 8.08. The number of benzene rings is 1. The fourth-order valence-corrected chi connectivity index (χ4v) is 6.09. The molecule has 0 bridgehead atoms. The molecular formula is C30H42N4O6S. The largest absolute Gasteiger partial charge is 0.460 e. The number of piperazine rings is 1. The van der Waals surface area contributed by atoms with Gasteiger partial charge in [0.05, 0.1) is 11.4 Å². The van der Waals surface area contributed by atoms with E-state index in [0.717, 1.165) is 18.4 Å². The lowest BCUT2D eigenvalue weighted by Gasteiger charge is -2.36. The molecule has 1 fully saturated rings. The smallest absolute Gasteiger partial charge is 0.306 e. The van der Waals surface area contributed by atoms with Gasteiger partial charge in [-0.3, -0.25) is 14.4 Å². The van der Waals surface area contributed by atoms with Crippen LogP contribution in [-0.4, -0.2) is 84.0 Å². The second-order valence-electron chi connectivity index (χ2n) is 11.2. The van der Waals surface area contributed by atoms with Crippen LogP contribution in [0.1, 0.15) is 70.3 Å². The van der Waals surface area contributed by atoms with Crippen LogP contribution in [0.3, 0.4) is 0 Å². The Labute approximate surface area is 243 Å². The Morgan fingerprint density at radius 3 is 2.29 bits per heavy atom. The van der Waals surface area contributed by atoms with Crippen LogP contribution >= 0.6 is 0 Å². The third-order valence-electron chi connectivity index (χ3n) is 6.66. The van der Waals surface area contributed by atoms with Crippen molar-refractivity contribution in [1.82, 2.24) is 19.5 Å². The summed E-state index contributed by atoms with van der Waals surface area (Å²) in [7, 11) is -3.39. The van der Waals surface area contributed by atoms with E-state index in [0.29, 0.717) is 12.1 Å². The maximum atomic E-state index is 13.6. The first kappa shape index (κ1) is 32.2. The molecule has 0 radical (unpaired) electrons. The van der Waals surface area contributed by atoms with Crippen LogP contribution in [0.25, 0.3) is 11.3 Å². The lowest BCUT2D eigenvalue weighted by Crippen LogP contribution is -2.56. The van der Waals surface area contributed by atoms with Gasteiger partial charge >= 0.3 is 5.97 Å². The number of ether oxygens (including phenoxy) is 1. The molecule has 3 rings (SSSR count). The zero-order chi connectivity index (χ0) is 30.0.